The Bertz CT molecular complexity index is 1270. The van der Waals surface area contributed by atoms with Crippen LogP contribution < -0.4 is 11.1 Å². The number of benzene rings is 3. The topological polar surface area (TPSA) is 96.0 Å². The molecule has 3 atom stereocenters. The summed E-state index contributed by atoms with van der Waals surface area (Å²) in [7, 11) is -3.23. The molecule has 3 unspecified atom stereocenters. The van der Waals surface area contributed by atoms with Gasteiger partial charge in [0, 0.05) is 23.4 Å². The van der Waals surface area contributed by atoms with E-state index in [-0.39, 0.29) is 17.8 Å². The molecule has 30 heavy (non-hydrogen) atoms. The molecular formula is C24H23N3O2S. The number of fused-ring (bicyclic) bond motifs is 5. The number of rotatable bonds is 3. The van der Waals surface area contributed by atoms with E-state index in [1.807, 2.05) is 30.3 Å². The molecule has 5 rings (SSSR count). The van der Waals surface area contributed by atoms with Gasteiger partial charge in [-0.25, -0.2) is 8.42 Å². The van der Waals surface area contributed by atoms with Crippen LogP contribution in [0.2, 0.25) is 0 Å². The SMILES string of the molecule is CS(=O)(=O)c1ccc(C2Nc3ccc(C(=N)N)cc3C3c4ccccc4CC23)cc1. The molecule has 4 N–H and O–H groups in total. The second kappa shape index (κ2) is 6.71. The molecule has 0 saturated carbocycles. The molecule has 0 aromatic heterocycles. The minimum atomic E-state index is -3.23. The third kappa shape index (κ3) is 2.99. The van der Waals surface area contributed by atoms with Crippen molar-refractivity contribution in [3.63, 3.8) is 0 Å². The second-order valence-electron chi connectivity index (χ2n) is 8.22. The van der Waals surface area contributed by atoms with Crippen LogP contribution in [0.4, 0.5) is 5.69 Å². The van der Waals surface area contributed by atoms with E-state index in [0.717, 1.165) is 23.2 Å². The highest BCUT2D eigenvalue weighted by Crippen LogP contribution is 2.53. The van der Waals surface area contributed by atoms with Crippen LogP contribution in [0, 0.1) is 11.3 Å². The molecule has 0 saturated heterocycles. The number of nitrogens with one attached hydrogen (secondary N) is 2. The first-order valence-corrected chi connectivity index (χ1v) is 11.8. The Hall–Kier alpha value is -3.12. The summed E-state index contributed by atoms with van der Waals surface area (Å²) in [5.41, 5.74) is 12.4. The van der Waals surface area contributed by atoms with Gasteiger partial charge < -0.3 is 11.1 Å². The number of hydrogen-bond donors (Lipinski definition) is 3. The van der Waals surface area contributed by atoms with Crippen molar-refractivity contribution < 1.29 is 8.42 Å². The summed E-state index contributed by atoms with van der Waals surface area (Å²) < 4.78 is 23.7. The van der Waals surface area contributed by atoms with Gasteiger partial charge in [0.1, 0.15) is 5.84 Å². The molecule has 3 aromatic rings. The van der Waals surface area contributed by atoms with Gasteiger partial charge in [0.15, 0.2) is 9.84 Å². The van der Waals surface area contributed by atoms with Gasteiger partial charge in [0.05, 0.1) is 10.9 Å². The number of hydrogen-bond acceptors (Lipinski definition) is 4. The summed E-state index contributed by atoms with van der Waals surface area (Å²) in [6.45, 7) is 0. The summed E-state index contributed by atoms with van der Waals surface area (Å²) in [6, 6.07) is 21.7. The van der Waals surface area contributed by atoms with E-state index >= 15 is 0 Å². The normalized spacial score (nSPS) is 21.8. The molecule has 1 aliphatic heterocycles. The predicted molar refractivity (Wildman–Crippen MR) is 119 cm³/mol. The van der Waals surface area contributed by atoms with E-state index in [1.54, 1.807) is 12.1 Å². The van der Waals surface area contributed by atoms with Crippen molar-refractivity contribution in [2.75, 3.05) is 11.6 Å². The Balaban J connectivity index is 1.63. The highest BCUT2D eigenvalue weighted by molar-refractivity contribution is 7.90. The Morgan fingerprint density at radius 3 is 2.47 bits per heavy atom. The van der Waals surface area contributed by atoms with E-state index in [0.29, 0.717) is 10.8 Å². The molecule has 152 valence electrons. The van der Waals surface area contributed by atoms with Crippen LogP contribution in [0.5, 0.6) is 0 Å². The average Bonchev–Trinajstić information content (AvgIpc) is 3.12. The van der Waals surface area contributed by atoms with Crippen LogP contribution in [0.15, 0.2) is 71.6 Å². The minimum Gasteiger partial charge on any atom is -0.384 e. The zero-order valence-corrected chi connectivity index (χ0v) is 17.4. The Morgan fingerprint density at radius 1 is 1.03 bits per heavy atom. The van der Waals surface area contributed by atoms with Crippen LogP contribution >= 0.6 is 0 Å². The summed E-state index contributed by atoms with van der Waals surface area (Å²) in [6.07, 6.45) is 2.17. The van der Waals surface area contributed by atoms with Crippen LogP contribution in [0.1, 0.15) is 39.8 Å². The maximum absolute atomic E-state index is 11.9. The number of nitrogen functional groups attached to an aromatic ring is 1. The number of amidine groups is 1. The van der Waals surface area contributed by atoms with Crippen LogP contribution in [0.25, 0.3) is 0 Å². The number of nitrogens with two attached hydrogens (primary N) is 1. The molecule has 3 aromatic carbocycles. The van der Waals surface area contributed by atoms with Crippen molar-refractivity contribution in [3.05, 3.63) is 94.5 Å². The zero-order valence-electron chi connectivity index (χ0n) is 16.6. The Labute approximate surface area is 176 Å². The molecule has 0 fully saturated rings. The number of sulfone groups is 1. The molecule has 0 spiro atoms. The van der Waals surface area contributed by atoms with Gasteiger partial charge in [0.2, 0.25) is 0 Å². The summed E-state index contributed by atoms with van der Waals surface area (Å²) >= 11 is 0. The lowest BCUT2D eigenvalue weighted by molar-refractivity contribution is 0.421. The molecule has 0 radical (unpaired) electrons. The molecular weight excluding hydrogens is 394 g/mol. The molecule has 5 nitrogen and oxygen atoms in total. The largest absolute Gasteiger partial charge is 0.384 e. The molecule has 6 heteroatoms. The monoisotopic (exact) mass is 417 g/mol. The fourth-order valence-electron chi connectivity index (χ4n) is 4.98. The molecule has 2 aliphatic rings. The Kier molecular flexibility index (Phi) is 4.22. The first-order valence-electron chi connectivity index (χ1n) is 9.95. The molecule has 1 aliphatic carbocycles. The third-order valence-corrected chi connectivity index (χ3v) is 7.51. The standard InChI is InChI=1S/C24H23N3O2S/c1-30(28,29)17-9-6-14(7-10-17)23-20-12-15-4-2-3-5-18(15)22(20)19-13-16(24(25)26)8-11-21(19)27-23/h2-11,13,20,22-23,27H,12H2,1H3,(H3,25,26). The summed E-state index contributed by atoms with van der Waals surface area (Å²) in [4.78, 5) is 0.333. The summed E-state index contributed by atoms with van der Waals surface area (Å²) in [5, 5.41) is 11.5. The van der Waals surface area contributed by atoms with Gasteiger partial charge in [0.25, 0.3) is 0 Å². The number of anilines is 1. The maximum Gasteiger partial charge on any atom is 0.175 e. The van der Waals surface area contributed by atoms with Crippen molar-refractivity contribution in [2.45, 2.75) is 23.3 Å². The first-order chi connectivity index (χ1) is 14.3. The Morgan fingerprint density at radius 2 is 1.77 bits per heavy atom. The van der Waals surface area contributed by atoms with Crippen molar-refractivity contribution >= 4 is 21.4 Å². The zero-order chi connectivity index (χ0) is 21.0. The van der Waals surface area contributed by atoms with Crippen LogP contribution in [0.3, 0.4) is 0 Å². The van der Waals surface area contributed by atoms with E-state index in [4.69, 9.17) is 11.1 Å². The van der Waals surface area contributed by atoms with Crippen molar-refractivity contribution in [1.29, 1.82) is 5.41 Å². The molecule has 0 bridgehead atoms. The highest BCUT2D eigenvalue weighted by Gasteiger charge is 2.43. The van der Waals surface area contributed by atoms with Crippen molar-refractivity contribution in [3.8, 4) is 0 Å². The first kappa shape index (κ1) is 18.9. The lowest BCUT2D eigenvalue weighted by Gasteiger charge is -2.38. The van der Waals surface area contributed by atoms with E-state index in [9.17, 15) is 8.42 Å². The van der Waals surface area contributed by atoms with Crippen molar-refractivity contribution in [2.24, 2.45) is 11.7 Å². The van der Waals surface area contributed by atoms with Crippen molar-refractivity contribution in [1.82, 2.24) is 0 Å². The van der Waals surface area contributed by atoms with Gasteiger partial charge >= 0.3 is 0 Å². The maximum atomic E-state index is 11.9. The van der Waals surface area contributed by atoms with Gasteiger partial charge in [-0.15, -0.1) is 0 Å². The highest BCUT2D eigenvalue weighted by atomic mass is 32.2. The van der Waals surface area contributed by atoms with Gasteiger partial charge in [-0.05, 0) is 64.9 Å². The van der Waals surface area contributed by atoms with Gasteiger partial charge in [-0.3, -0.25) is 5.41 Å². The molecule has 1 heterocycles. The summed E-state index contributed by atoms with van der Waals surface area (Å²) in [5.74, 6) is 0.566. The van der Waals surface area contributed by atoms with Crippen LogP contribution in [-0.2, 0) is 16.3 Å². The minimum absolute atomic E-state index is 0.0617. The van der Waals surface area contributed by atoms with E-state index < -0.39 is 9.84 Å². The smallest absolute Gasteiger partial charge is 0.175 e. The molecule has 0 amide bonds. The van der Waals surface area contributed by atoms with Gasteiger partial charge in [-0.2, -0.15) is 0 Å². The fourth-order valence-corrected chi connectivity index (χ4v) is 5.61. The van der Waals surface area contributed by atoms with Crippen LogP contribution in [-0.4, -0.2) is 20.5 Å². The van der Waals surface area contributed by atoms with Gasteiger partial charge in [-0.1, -0.05) is 36.4 Å². The second-order valence-corrected chi connectivity index (χ2v) is 10.2. The quantitative estimate of drug-likeness (QED) is 0.446. The lowest BCUT2D eigenvalue weighted by atomic mass is 9.75. The third-order valence-electron chi connectivity index (χ3n) is 6.38. The fraction of sp³-hybridized carbons (Fsp3) is 0.208. The average molecular weight is 418 g/mol. The van der Waals surface area contributed by atoms with E-state index in [2.05, 4.69) is 29.6 Å². The van der Waals surface area contributed by atoms with E-state index in [1.165, 1.54) is 22.9 Å². The predicted octanol–water partition coefficient (Wildman–Crippen LogP) is 3.85. The lowest BCUT2D eigenvalue weighted by Crippen LogP contribution is -2.30.